The summed E-state index contributed by atoms with van der Waals surface area (Å²) >= 11 is 3.47. The van der Waals surface area contributed by atoms with E-state index in [9.17, 15) is 0 Å². The Hall–Kier alpha value is -0.350. The summed E-state index contributed by atoms with van der Waals surface area (Å²) in [6.07, 6.45) is 0. The van der Waals surface area contributed by atoms with Crippen LogP contribution in [0.15, 0.2) is 4.47 Å². The van der Waals surface area contributed by atoms with E-state index in [0.29, 0.717) is 6.54 Å². The van der Waals surface area contributed by atoms with Gasteiger partial charge in [0.05, 0.1) is 15.9 Å². The van der Waals surface area contributed by atoms with Gasteiger partial charge >= 0.3 is 0 Å². The summed E-state index contributed by atoms with van der Waals surface area (Å²) in [7, 11) is 0. The SMILES string of the molecule is CC(C)(C)c1n[nH]c(CN)c1Br. The molecular weight excluding hydrogens is 218 g/mol. The highest BCUT2D eigenvalue weighted by Crippen LogP contribution is 2.29. The molecule has 1 rings (SSSR count). The molecule has 0 unspecified atom stereocenters. The minimum Gasteiger partial charge on any atom is -0.325 e. The molecule has 0 fully saturated rings. The molecule has 12 heavy (non-hydrogen) atoms. The zero-order chi connectivity index (χ0) is 9.35. The Morgan fingerprint density at radius 1 is 1.50 bits per heavy atom. The van der Waals surface area contributed by atoms with Crippen molar-refractivity contribution < 1.29 is 0 Å². The van der Waals surface area contributed by atoms with Crippen LogP contribution in [-0.4, -0.2) is 10.2 Å². The summed E-state index contributed by atoms with van der Waals surface area (Å²) in [6.45, 7) is 6.85. The van der Waals surface area contributed by atoms with Gasteiger partial charge in [0, 0.05) is 12.0 Å². The molecule has 1 aromatic heterocycles. The minimum atomic E-state index is 0.0583. The molecule has 0 radical (unpaired) electrons. The number of nitrogens with one attached hydrogen (secondary N) is 1. The van der Waals surface area contributed by atoms with Crippen LogP contribution in [-0.2, 0) is 12.0 Å². The molecule has 1 aromatic rings. The molecule has 3 N–H and O–H groups in total. The van der Waals surface area contributed by atoms with E-state index in [-0.39, 0.29) is 5.41 Å². The molecule has 0 aliphatic rings. The van der Waals surface area contributed by atoms with Crippen LogP contribution in [0.2, 0.25) is 0 Å². The van der Waals surface area contributed by atoms with Crippen LogP contribution >= 0.6 is 15.9 Å². The van der Waals surface area contributed by atoms with Crippen molar-refractivity contribution in [3.8, 4) is 0 Å². The van der Waals surface area contributed by atoms with Gasteiger partial charge in [-0.15, -0.1) is 0 Å². The van der Waals surface area contributed by atoms with Crippen molar-refractivity contribution in [2.24, 2.45) is 5.73 Å². The molecule has 68 valence electrons. The molecule has 0 saturated carbocycles. The van der Waals surface area contributed by atoms with Gasteiger partial charge in [-0.1, -0.05) is 20.8 Å². The first kappa shape index (κ1) is 9.74. The van der Waals surface area contributed by atoms with E-state index in [1.54, 1.807) is 0 Å². The van der Waals surface area contributed by atoms with Crippen LogP contribution in [0.1, 0.15) is 32.2 Å². The third kappa shape index (κ3) is 1.69. The first-order valence-electron chi connectivity index (χ1n) is 3.90. The molecule has 0 bridgehead atoms. The summed E-state index contributed by atoms with van der Waals surface area (Å²) in [4.78, 5) is 0. The number of nitrogens with zero attached hydrogens (tertiary/aromatic N) is 1. The predicted octanol–water partition coefficient (Wildman–Crippen LogP) is 1.93. The number of nitrogens with two attached hydrogens (primary N) is 1. The predicted molar refractivity (Wildman–Crippen MR) is 52.9 cm³/mol. The fraction of sp³-hybridized carbons (Fsp3) is 0.625. The molecule has 0 aliphatic heterocycles. The fourth-order valence-electron chi connectivity index (χ4n) is 0.997. The second-order valence-electron chi connectivity index (χ2n) is 3.82. The number of halogens is 1. The Balaban J connectivity index is 3.11. The van der Waals surface area contributed by atoms with Gasteiger partial charge in [-0.3, -0.25) is 5.10 Å². The summed E-state index contributed by atoms with van der Waals surface area (Å²) in [5.41, 5.74) is 7.55. The van der Waals surface area contributed by atoms with Gasteiger partial charge < -0.3 is 5.73 Å². The van der Waals surface area contributed by atoms with E-state index < -0.39 is 0 Å². The fourth-order valence-corrected chi connectivity index (χ4v) is 1.93. The van der Waals surface area contributed by atoms with Crippen LogP contribution in [0.3, 0.4) is 0 Å². The van der Waals surface area contributed by atoms with Gasteiger partial charge in [-0.2, -0.15) is 5.10 Å². The van der Waals surface area contributed by atoms with Crippen LogP contribution in [0.4, 0.5) is 0 Å². The third-order valence-electron chi connectivity index (χ3n) is 1.69. The van der Waals surface area contributed by atoms with Crippen LogP contribution < -0.4 is 5.73 Å². The number of aromatic amines is 1. The van der Waals surface area contributed by atoms with Gasteiger partial charge in [0.25, 0.3) is 0 Å². The molecule has 0 amide bonds. The van der Waals surface area contributed by atoms with Gasteiger partial charge in [-0.25, -0.2) is 0 Å². The average Bonchev–Trinajstić information content (AvgIpc) is 2.29. The number of hydrogen-bond donors (Lipinski definition) is 2. The van der Waals surface area contributed by atoms with E-state index in [2.05, 4.69) is 46.9 Å². The normalized spacial score (nSPS) is 12.1. The van der Waals surface area contributed by atoms with Gasteiger partial charge in [0.2, 0.25) is 0 Å². The van der Waals surface area contributed by atoms with E-state index >= 15 is 0 Å². The van der Waals surface area contributed by atoms with Crippen molar-refractivity contribution in [1.29, 1.82) is 0 Å². The molecule has 0 aromatic carbocycles. The van der Waals surface area contributed by atoms with Gasteiger partial charge in [0.15, 0.2) is 0 Å². The second kappa shape index (κ2) is 3.18. The maximum absolute atomic E-state index is 5.51. The summed E-state index contributed by atoms with van der Waals surface area (Å²) in [6, 6.07) is 0. The van der Waals surface area contributed by atoms with E-state index in [4.69, 9.17) is 5.73 Å². The molecule has 4 heteroatoms. The monoisotopic (exact) mass is 231 g/mol. The molecule has 0 atom stereocenters. The quantitative estimate of drug-likeness (QED) is 0.777. The molecule has 0 aliphatic carbocycles. The highest BCUT2D eigenvalue weighted by molar-refractivity contribution is 9.10. The van der Waals surface area contributed by atoms with Crippen molar-refractivity contribution in [2.75, 3.05) is 0 Å². The molecule has 0 saturated heterocycles. The largest absolute Gasteiger partial charge is 0.325 e. The molecule has 1 heterocycles. The van der Waals surface area contributed by atoms with Crippen LogP contribution in [0.25, 0.3) is 0 Å². The molecule has 3 nitrogen and oxygen atoms in total. The zero-order valence-corrected chi connectivity index (χ0v) is 9.20. The maximum atomic E-state index is 5.51. The third-order valence-corrected chi connectivity index (χ3v) is 2.54. The second-order valence-corrected chi connectivity index (χ2v) is 4.61. The van der Waals surface area contributed by atoms with Gasteiger partial charge in [0.1, 0.15) is 0 Å². The van der Waals surface area contributed by atoms with Crippen molar-refractivity contribution >= 4 is 15.9 Å². The topological polar surface area (TPSA) is 54.7 Å². The van der Waals surface area contributed by atoms with E-state index in [1.165, 1.54) is 0 Å². The Morgan fingerprint density at radius 3 is 2.33 bits per heavy atom. The van der Waals surface area contributed by atoms with Crippen molar-refractivity contribution in [2.45, 2.75) is 32.7 Å². The lowest BCUT2D eigenvalue weighted by molar-refractivity contribution is 0.564. The van der Waals surface area contributed by atoms with E-state index in [1.807, 2.05) is 0 Å². The lowest BCUT2D eigenvalue weighted by atomic mass is 9.92. The Kier molecular flexibility index (Phi) is 2.58. The van der Waals surface area contributed by atoms with Crippen LogP contribution in [0.5, 0.6) is 0 Å². The van der Waals surface area contributed by atoms with Gasteiger partial charge in [-0.05, 0) is 15.9 Å². The molecular formula is C8H14BrN3. The number of H-pyrrole nitrogens is 1. The highest BCUT2D eigenvalue weighted by Gasteiger charge is 2.21. The summed E-state index contributed by atoms with van der Waals surface area (Å²) < 4.78 is 1.01. The Morgan fingerprint density at radius 2 is 2.08 bits per heavy atom. The number of hydrogen-bond acceptors (Lipinski definition) is 2. The lowest BCUT2D eigenvalue weighted by Gasteiger charge is -2.15. The summed E-state index contributed by atoms with van der Waals surface area (Å²) in [5.74, 6) is 0. The highest BCUT2D eigenvalue weighted by atomic mass is 79.9. The van der Waals surface area contributed by atoms with Crippen molar-refractivity contribution in [3.05, 3.63) is 15.9 Å². The number of aromatic nitrogens is 2. The average molecular weight is 232 g/mol. The first-order chi connectivity index (χ1) is 5.46. The standard InChI is InChI=1S/C8H14BrN3/c1-8(2,3)7-6(9)5(4-10)11-12-7/h4,10H2,1-3H3,(H,11,12). The maximum Gasteiger partial charge on any atom is 0.0820 e. The smallest absolute Gasteiger partial charge is 0.0820 e. The minimum absolute atomic E-state index is 0.0583. The summed E-state index contributed by atoms with van der Waals surface area (Å²) in [5, 5.41) is 7.11. The Labute approximate surface area is 80.9 Å². The van der Waals surface area contributed by atoms with Crippen LogP contribution in [0, 0.1) is 0 Å². The van der Waals surface area contributed by atoms with E-state index in [0.717, 1.165) is 15.9 Å². The Bertz CT molecular complexity index is 272. The number of rotatable bonds is 1. The van der Waals surface area contributed by atoms with Crippen molar-refractivity contribution in [1.82, 2.24) is 10.2 Å². The zero-order valence-electron chi connectivity index (χ0n) is 7.61. The van der Waals surface area contributed by atoms with Crippen molar-refractivity contribution in [3.63, 3.8) is 0 Å². The molecule has 0 spiro atoms. The lowest BCUT2D eigenvalue weighted by Crippen LogP contribution is -2.12. The first-order valence-corrected chi connectivity index (χ1v) is 4.69.